The van der Waals surface area contributed by atoms with Gasteiger partial charge in [0.05, 0.1) is 0 Å². The van der Waals surface area contributed by atoms with Gasteiger partial charge in [-0.15, -0.1) is 0 Å². The van der Waals surface area contributed by atoms with Gasteiger partial charge < -0.3 is 10.6 Å². The van der Waals surface area contributed by atoms with E-state index in [1.165, 1.54) is 25.7 Å². The van der Waals surface area contributed by atoms with Crippen LogP contribution < -0.4 is 10.6 Å². The normalized spacial score (nSPS) is 28.6. The predicted molar refractivity (Wildman–Crippen MR) is 76.7 cm³/mol. The van der Waals surface area contributed by atoms with Crippen molar-refractivity contribution in [1.82, 2.24) is 0 Å². The fourth-order valence-corrected chi connectivity index (χ4v) is 3.57. The van der Waals surface area contributed by atoms with E-state index >= 15 is 0 Å². The molecule has 1 amide bonds. The smallest absolute Gasteiger partial charge is 0.230 e. The van der Waals surface area contributed by atoms with Crippen molar-refractivity contribution in [3.63, 3.8) is 0 Å². The van der Waals surface area contributed by atoms with Crippen LogP contribution in [0.3, 0.4) is 0 Å². The number of nitrogens with zero attached hydrogens (tertiary/aromatic N) is 1. The zero-order valence-corrected chi connectivity index (χ0v) is 11.5. The first-order valence-electron chi connectivity index (χ1n) is 7.29. The third-order valence-electron chi connectivity index (χ3n) is 4.83. The fourth-order valence-electron chi connectivity index (χ4n) is 3.57. The Kier molecular flexibility index (Phi) is 3.31. The molecule has 19 heavy (non-hydrogen) atoms. The van der Waals surface area contributed by atoms with Crippen LogP contribution in [0, 0.1) is 17.8 Å². The predicted octanol–water partition coefficient (Wildman–Crippen LogP) is 2.54. The van der Waals surface area contributed by atoms with E-state index in [-0.39, 0.29) is 0 Å². The molecule has 2 unspecified atom stereocenters. The van der Waals surface area contributed by atoms with Gasteiger partial charge in [0, 0.05) is 25.2 Å². The van der Waals surface area contributed by atoms with Gasteiger partial charge in [-0.25, -0.2) is 0 Å². The van der Waals surface area contributed by atoms with Crippen LogP contribution in [-0.4, -0.2) is 13.0 Å². The van der Waals surface area contributed by atoms with Crippen LogP contribution in [0.1, 0.15) is 31.2 Å². The standard InChI is InChI=1S/C16H22N2O/c1-18(12-8-6-11(10-17)7-9-12)16(19)15-13-4-2-3-5-14(13)15/h6-9,13-15H,2-5,10,17H2,1H3. The minimum atomic E-state index is 0.293. The number of nitrogens with two attached hydrogens (primary N) is 1. The summed E-state index contributed by atoms with van der Waals surface area (Å²) in [7, 11) is 1.89. The SMILES string of the molecule is CN(C(=O)C1C2CCCCC21)c1ccc(CN)cc1. The summed E-state index contributed by atoms with van der Waals surface area (Å²) < 4.78 is 0. The molecule has 3 rings (SSSR count). The number of anilines is 1. The molecular formula is C16H22N2O. The average Bonchev–Trinajstić information content (AvgIpc) is 3.20. The summed E-state index contributed by atoms with van der Waals surface area (Å²) in [6.07, 6.45) is 5.11. The van der Waals surface area contributed by atoms with Gasteiger partial charge in [0.25, 0.3) is 0 Å². The van der Waals surface area contributed by atoms with Gasteiger partial charge in [0.2, 0.25) is 5.91 Å². The van der Waals surface area contributed by atoms with Crippen molar-refractivity contribution in [3.8, 4) is 0 Å². The molecule has 1 aromatic carbocycles. The molecule has 0 heterocycles. The highest BCUT2D eigenvalue weighted by Crippen LogP contribution is 2.56. The second-order valence-corrected chi connectivity index (χ2v) is 5.91. The Morgan fingerprint density at radius 2 is 1.79 bits per heavy atom. The van der Waals surface area contributed by atoms with Crippen molar-refractivity contribution in [1.29, 1.82) is 0 Å². The quantitative estimate of drug-likeness (QED) is 0.905. The Morgan fingerprint density at radius 3 is 2.32 bits per heavy atom. The highest BCUT2D eigenvalue weighted by molar-refractivity contribution is 5.96. The summed E-state index contributed by atoms with van der Waals surface area (Å²) in [6.45, 7) is 0.546. The van der Waals surface area contributed by atoms with E-state index < -0.39 is 0 Å². The molecule has 2 aliphatic carbocycles. The molecule has 0 aromatic heterocycles. The van der Waals surface area contributed by atoms with E-state index in [9.17, 15) is 4.79 Å². The highest BCUT2D eigenvalue weighted by Gasteiger charge is 2.55. The Balaban J connectivity index is 1.69. The molecule has 1 aromatic rings. The van der Waals surface area contributed by atoms with Crippen molar-refractivity contribution in [2.45, 2.75) is 32.2 Å². The van der Waals surface area contributed by atoms with Crippen LogP contribution in [0.25, 0.3) is 0 Å². The number of carbonyl (C=O) groups is 1. The summed E-state index contributed by atoms with van der Waals surface area (Å²) in [5.41, 5.74) is 7.67. The summed E-state index contributed by atoms with van der Waals surface area (Å²) in [4.78, 5) is 14.4. The third kappa shape index (κ3) is 2.27. The lowest BCUT2D eigenvalue weighted by Crippen LogP contribution is -2.28. The van der Waals surface area contributed by atoms with E-state index in [0.717, 1.165) is 11.3 Å². The Morgan fingerprint density at radius 1 is 1.21 bits per heavy atom. The largest absolute Gasteiger partial charge is 0.326 e. The minimum Gasteiger partial charge on any atom is -0.326 e. The lowest BCUT2D eigenvalue weighted by Gasteiger charge is -2.18. The van der Waals surface area contributed by atoms with Crippen LogP contribution >= 0.6 is 0 Å². The third-order valence-corrected chi connectivity index (χ3v) is 4.83. The number of carbonyl (C=O) groups excluding carboxylic acids is 1. The number of rotatable bonds is 3. The number of hydrogen-bond acceptors (Lipinski definition) is 2. The average molecular weight is 258 g/mol. The molecule has 0 aliphatic heterocycles. The lowest BCUT2D eigenvalue weighted by molar-refractivity contribution is -0.120. The molecule has 0 spiro atoms. The number of amides is 1. The Labute approximate surface area is 114 Å². The molecule has 3 nitrogen and oxygen atoms in total. The fraction of sp³-hybridized carbons (Fsp3) is 0.562. The van der Waals surface area contributed by atoms with Crippen LogP contribution in [0.2, 0.25) is 0 Å². The van der Waals surface area contributed by atoms with E-state index in [1.54, 1.807) is 0 Å². The van der Waals surface area contributed by atoms with Crippen LogP contribution in [0.15, 0.2) is 24.3 Å². The zero-order valence-electron chi connectivity index (χ0n) is 11.5. The van der Waals surface area contributed by atoms with E-state index in [0.29, 0.717) is 30.2 Å². The Hall–Kier alpha value is -1.35. The summed E-state index contributed by atoms with van der Waals surface area (Å²) in [5.74, 6) is 1.94. The van der Waals surface area contributed by atoms with Crippen molar-refractivity contribution in [2.75, 3.05) is 11.9 Å². The molecule has 2 saturated carbocycles. The molecule has 102 valence electrons. The monoisotopic (exact) mass is 258 g/mol. The second kappa shape index (κ2) is 4.97. The molecule has 2 aliphatic rings. The van der Waals surface area contributed by atoms with Gasteiger partial charge in [-0.2, -0.15) is 0 Å². The maximum absolute atomic E-state index is 12.5. The van der Waals surface area contributed by atoms with Crippen LogP contribution in [0.4, 0.5) is 5.69 Å². The molecule has 2 N–H and O–H groups in total. The highest BCUT2D eigenvalue weighted by atomic mass is 16.2. The number of fused-ring (bicyclic) bond motifs is 1. The van der Waals surface area contributed by atoms with E-state index in [2.05, 4.69) is 0 Å². The van der Waals surface area contributed by atoms with Gasteiger partial charge >= 0.3 is 0 Å². The number of benzene rings is 1. The maximum Gasteiger partial charge on any atom is 0.230 e. The molecule has 3 heteroatoms. The van der Waals surface area contributed by atoms with E-state index in [1.807, 2.05) is 36.2 Å². The van der Waals surface area contributed by atoms with Gasteiger partial charge in [-0.3, -0.25) is 4.79 Å². The van der Waals surface area contributed by atoms with Crippen molar-refractivity contribution < 1.29 is 4.79 Å². The maximum atomic E-state index is 12.5. The zero-order chi connectivity index (χ0) is 13.4. The van der Waals surface area contributed by atoms with E-state index in [4.69, 9.17) is 5.73 Å². The van der Waals surface area contributed by atoms with Crippen LogP contribution in [-0.2, 0) is 11.3 Å². The van der Waals surface area contributed by atoms with Gasteiger partial charge in [-0.05, 0) is 42.4 Å². The topological polar surface area (TPSA) is 46.3 Å². The molecule has 2 fully saturated rings. The summed E-state index contributed by atoms with van der Waals surface area (Å²) >= 11 is 0. The lowest BCUT2D eigenvalue weighted by atomic mass is 10.0. The Bertz CT molecular complexity index is 456. The minimum absolute atomic E-state index is 0.293. The molecule has 0 radical (unpaired) electrons. The van der Waals surface area contributed by atoms with Gasteiger partial charge in [0.15, 0.2) is 0 Å². The first-order chi connectivity index (χ1) is 9.22. The van der Waals surface area contributed by atoms with Crippen molar-refractivity contribution >= 4 is 11.6 Å². The first-order valence-corrected chi connectivity index (χ1v) is 7.29. The first kappa shape index (κ1) is 12.7. The van der Waals surface area contributed by atoms with Gasteiger partial charge in [0.1, 0.15) is 0 Å². The van der Waals surface area contributed by atoms with Crippen molar-refractivity contribution in [2.24, 2.45) is 23.5 Å². The number of hydrogen-bond donors (Lipinski definition) is 1. The molecule has 0 bridgehead atoms. The van der Waals surface area contributed by atoms with Crippen LogP contribution in [0.5, 0.6) is 0 Å². The summed E-state index contributed by atoms with van der Waals surface area (Å²) in [5, 5.41) is 0. The molecule has 2 atom stereocenters. The summed E-state index contributed by atoms with van der Waals surface area (Å²) in [6, 6.07) is 7.98. The second-order valence-electron chi connectivity index (χ2n) is 5.91. The molecular weight excluding hydrogens is 236 g/mol. The molecule has 0 saturated heterocycles. The van der Waals surface area contributed by atoms with Crippen molar-refractivity contribution in [3.05, 3.63) is 29.8 Å². The van der Waals surface area contributed by atoms with Gasteiger partial charge in [-0.1, -0.05) is 25.0 Å².